The smallest absolute Gasteiger partial charge is 0.310 e. The Hall–Kier alpha value is -0.160. The maximum atomic E-state index is 6.43. The molecule has 4 nitrogen and oxygen atoms in total. The molecule has 0 saturated heterocycles. The predicted octanol–water partition coefficient (Wildman–Crippen LogP) is 8.42. The van der Waals surface area contributed by atoms with Gasteiger partial charge in [0, 0.05) is 6.61 Å². The monoisotopic (exact) mass is 444 g/mol. The van der Waals surface area contributed by atoms with Gasteiger partial charge in [0.05, 0.1) is 19.8 Å². The van der Waals surface area contributed by atoms with Crippen LogP contribution in [-0.2, 0) is 18.9 Å². The highest BCUT2D eigenvalue weighted by Crippen LogP contribution is 2.29. The summed E-state index contributed by atoms with van der Waals surface area (Å²) in [5.41, 5.74) is 0. The minimum absolute atomic E-state index is 0.173. The average Bonchev–Trinajstić information content (AvgIpc) is 2.78. The van der Waals surface area contributed by atoms with E-state index >= 15 is 0 Å². The Morgan fingerprint density at radius 2 is 0.871 bits per heavy atom. The zero-order chi connectivity index (χ0) is 23.0. The maximum Gasteiger partial charge on any atom is 0.310 e. The van der Waals surface area contributed by atoms with Crippen molar-refractivity contribution in [1.82, 2.24) is 0 Å². The summed E-state index contributed by atoms with van der Waals surface area (Å²) in [4.78, 5) is 0. The second kappa shape index (κ2) is 23.0. The van der Waals surface area contributed by atoms with Crippen LogP contribution in [0.4, 0.5) is 0 Å². The van der Waals surface area contributed by atoms with E-state index < -0.39 is 5.97 Å². The van der Waals surface area contributed by atoms with Gasteiger partial charge in [-0.25, -0.2) is 0 Å². The molecule has 0 aromatic heterocycles. The Morgan fingerprint density at radius 3 is 1.29 bits per heavy atom. The normalized spacial score (nSPS) is 13.1. The number of hydrogen-bond acceptors (Lipinski definition) is 4. The quantitative estimate of drug-likeness (QED) is 0.105. The Morgan fingerprint density at radius 1 is 0.484 bits per heavy atom. The van der Waals surface area contributed by atoms with Gasteiger partial charge in [-0.2, -0.15) is 0 Å². The van der Waals surface area contributed by atoms with Crippen LogP contribution in [-0.4, -0.2) is 38.5 Å². The van der Waals surface area contributed by atoms with E-state index in [1.165, 1.54) is 70.6 Å². The molecule has 0 aliphatic heterocycles. The summed E-state index contributed by atoms with van der Waals surface area (Å²) in [6, 6.07) is 0. The van der Waals surface area contributed by atoms with Gasteiger partial charge >= 0.3 is 5.97 Å². The lowest BCUT2D eigenvalue weighted by molar-refractivity contribution is -0.418. The van der Waals surface area contributed by atoms with Gasteiger partial charge in [-0.05, 0) is 32.6 Å². The second-order valence-electron chi connectivity index (χ2n) is 8.77. The molecular weight excluding hydrogens is 388 g/mol. The first-order valence-electron chi connectivity index (χ1n) is 13.7. The van der Waals surface area contributed by atoms with Crippen molar-refractivity contribution < 1.29 is 18.9 Å². The molecule has 188 valence electrons. The lowest BCUT2D eigenvalue weighted by Crippen LogP contribution is -2.52. The zero-order valence-electron chi connectivity index (χ0n) is 21.9. The van der Waals surface area contributed by atoms with E-state index in [2.05, 4.69) is 34.6 Å². The molecule has 0 fully saturated rings. The molecule has 4 heteroatoms. The van der Waals surface area contributed by atoms with Crippen LogP contribution in [0.1, 0.15) is 137 Å². The molecule has 0 amide bonds. The Kier molecular flexibility index (Phi) is 22.9. The minimum atomic E-state index is -1.06. The maximum absolute atomic E-state index is 6.43. The number of ether oxygens (including phenoxy) is 4. The molecule has 0 aromatic rings. The summed E-state index contributed by atoms with van der Waals surface area (Å²) in [5.74, 6) is -1.06. The molecule has 0 aliphatic carbocycles. The topological polar surface area (TPSA) is 36.9 Å². The van der Waals surface area contributed by atoms with Crippen molar-refractivity contribution in [2.75, 3.05) is 26.4 Å². The standard InChI is InChI=1S/C27H56O4/c1-6-11-15-16-17-18-22-26(28-10-5)27(29-23-19-12-7-2,30-24-20-13-8-3)31-25-21-14-9-4/h26H,6-25H2,1-5H3. The van der Waals surface area contributed by atoms with Crippen LogP contribution in [0.5, 0.6) is 0 Å². The van der Waals surface area contributed by atoms with Crippen molar-refractivity contribution in [3.05, 3.63) is 0 Å². The van der Waals surface area contributed by atoms with Gasteiger partial charge in [-0.15, -0.1) is 0 Å². The van der Waals surface area contributed by atoms with E-state index in [0.29, 0.717) is 26.4 Å². The second-order valence-corrected chi connectivity index (χ2v) is 8.77. The van der Waals surface area contributed by atoms with E-state index in [4.69, 9.17) is 18.9 Å². The predicted molar refractivity (Wildman–Crippen MR) is 133 cm³/mol. The van der Waals surface area contributed by atoms with Crippen LogP contribution in [0.25, 0.3) is 0 Å². The number of rotatable bonds is 25. The summed E-state index contributed by atoms with van der Waals surface area (Å²) in [7, 11) is 0. The molecule has 0 aromatic carbocycles. The average molecular weight is 445 g/mol. The van der Waals surface area contributed by atoms with Gasteiger partial charge < -0.3 is 18.9 Å². The molecule has 0 heterocycles. The molecule has 0 saturated carbocycles. The van der Waals surface area contributed by atoms with E-state index in [-0.39, 0.29) is 6.10 Å². The molecular formula is C27H56O4. The van der Waals surface area contributed by atoms with E-state index in [1.807, 2.05) is 0 Å². The first kappa shape index (κ1) is 30.8. The van der Waals surface area contributed by atoms with Gasteiger partial charge in [0.25, 0.3) is 0 Å². The fourth-order valence-corrected chi connectivity index (χ4v) is 3.78. The van der Waals surface area contributed by atoms with E-state index in [1.54, 1.807) is 0 Å². The molecule has 31 heavy (non-hydrogen) atoms. The SMILES string of the molecule is CCCCCCCCC(OCC)C(OCCCCC)(OCCCCC)OCCCCC. The van der Waals surface area contributed by atoms with Crippen LogP contribution in [0.15, 0.2) is 0 Å². The molecule has 1 atom stereocenters. The Labute approximate surface area is 195 Å². The van der Waals surface area contributed by atoms with Crippen molar-refractivity contribution >= 4 is 0 Å². The summed E-state index contributed by atoms with van der Waals surface area (Å²) in [6.07, 6.45) is 18.5. The Balaban J connectivity index is 5.20. The first-order chi connectivity index (χ1) is 15.2. The molecule has 0 N–H and O–H groups in total. The summed E-state index contributed by atoms with van der Waals surface area (Å²) >= 11 is 0. The third-order valence-corrected chi connectivity index (χ3v) is 5.74. The highest BCUT2D eigenvalue weighted by Gasteiger charge is 2.43. The van der Waals surface area contributed by atoms with Crippen molar-refractivity contribution in [3.8, 4) is 0 Å². The minimum Gasteiger partial charge on any atom is -0.370 e. The van der Waals surface area contributed by atoms with Gasteiger partial charge in [0.1, 0.15) is 6.10 Å². The van der Waals surface area contributed by atoms with Crippen LogP contribution in [0.3, 0.4) is 0 Å². The summed E-state index contributed by atoms with van der Waals surface area (Å²) < 4.78 is 25.5. The fraction of sp³-hybridized carbons (Fsp3) is 1.00. The number of hydrogen-bond donors (Lipinski definition) is 0. The van der Waals surface area contributed by atoms with Gasteiger partial charge in [0.2, 0.25) is 0 Å². The van der Waals surface area contributed by atoms with Crippen molar-refractivity contribution in [3.63, 3.8) is 0 Å². The summed E-state index contributed by atoms with van der Waals surface area (Å²) in [5, 5.41) is 0. The highest BCUT2D eigenvalue weighted by atomic mass is 16.9. The lowest BCUT2D eigenvalue weighted by Gasteiger charge is -2.39. The van der Waals surface area contributed by atoms with Crippen LogP contribution < -0.4 is 0 Å². The molecule has 0 radical (unpaired) electrons. The van der Waals surface area contributed by atoms with Crippen molar-refractivity contribution in [1.29, 1.82) is 0 Å². The third kappa shape index (κ3) is 16.2. The third-order valence-electron chi connectivity index (χ3n) is 5.74. The molecule has 1 unspecified atom stereocenters. The number of unbranched alkanes of at least 4 members (excludes halogenated alkanes) is 11. The highest BCUT2D eigenvalue weighted by molar-refractivity contribution is 4.74. The summed E-state index contributed by atoms with van der Waals surface area (Å²) in [6.45, 7) is 13.6. The van der Waals surface area contributed by atoms with Crippen LogP contribution in [0, 0.1) is 0 Å². The molecule has 0 rings (SSSR count). The van der Waals surface area contributed by atoms with E-state index in [0.717, 1.165) is 32.1 Å². The van der Waals surface area contributed by atoms with Crippen LogP contribution >= 0.6 is 0 Å². The van der Waals surface area contributed by atoms with Gasteiger partial charge in [0.15, 0.2) is 0 Å². The lowest BCUT2D eigenvalue weighted by atomic mass is 10.1. The first-order valence-corrected chi connectivity index (χ1v) is 13.7. The molecule has 0 bridgehead atoms. The zero-order valence-corrected chi connectivity index (χ0v) is 21.9. The van der Waals surface area contributed by atoms with Crippen molar-refractivity contribution in [2.24, 2.45) is 0 Å². The van der Waals surface area contributed by atoms with Crippen molar-refractivity contribution in [2.45, 2.75) is 149 Å². The van der Waals surface area contributed by atoms with E-state index in [9.17, 15) is 0 Å². The Bertz CT molecular complexity index is 317. The molecule has 0 spiro atoms. The van der Waals surface area contributed by atoms with Gasteiger partial charge in [-0.1, -0.05) is 105 Å². The molecule has 0 aliphatic rings. The fourth-order valence-electron chi connectivity index (χ4n) is 3.78. The van der Waals surface area contributed by atoms with Gasteiger partial charge in [-0.3, -0.25) is 0 Å². The van der Waals surface area contributed by atoms with Crippen LogP contribution in [0.2, 0.25) is 0 Å². The largest absolute Gasteiger partial charge is 0.370 e.